The van der Waals surface area contributed by atoms with E-state index in [9.17, 15) is 0 Å². The third kappa shape index (κ3) is 3.34. The largest absolute Gasteiger partial charge is 0.311 e. The zero-order chi connectivity index (χ0) is 15.9. The average Bonchev–Trinajstić information content (AvgIpc) is 3.32. The van der Waals surface area contributed by atoms with Crippen LogP contribution >= 0.6 is 0 Å². The fourth-order valence-electron chi connectivity index (χ4n) is 5.67. The summed E-state index contributed by atoms with van der Waals surface area (Å²) in [5.41, 5.74) is 0. The Morgan fingerprint density at radius 3 is 1.25 bits per heavy atom. The summed E-state index contributed by atoms with van der Waals surface area (Å²) >= 11 is 0. The molecule has 0 spiro atoms. The van der Waals surface area contributed by atoms with Gasteiger partial charge in [0.15, 0.2) is 0 Å². The highest BCUT2D eigenvalue weighted by Crippen LogP contribution is 2.27. The molecule has 0 aromatic heterocycles. The van der Waals surface area contributed by atoms with Gasteiger partial charge in [-0.25, -0.2) is 0 Å². The molecule has 24 heavy (non-hydrogen) atoms. The molecule has 8 unspecified atom stereocenters. The second-order valence-electron chi connectivity index (χ2n) is 8.75. The first-order valence-electron chi connectivity index (χ1n) is 10.2. The van der Waals surface area contributed by atoms with Crippen molar-refractivity contribution < 1.29 is 0 Å². The number of hydrogen-bond donors (Lipinski definition) is 4. The highest BCUT2D eigenvalue weighted by atomic mass is 15.1. The van der Waals surface area contributed by atoms with Crippen molar-refractivity contribution in [2.75, 3.05) is 0 Å². The van der Waals surface area contributed by atoms with Crippen molar-refractivity contribution in [2.45, 2.75) is 99.7 Å². The van der Waals surface area contributed by atoms with Gasteiger partial charge in [0.05, 0.1) is 0 Å². The number of rotatable bonds is 0. The molecule has 4 N–H and O–H groups in total. The lowest BCUT2D eigenvalue weighted by Crippen LogP contribution is -2.43. The Labute approximate surface area is 145 Å². The van der Waals surface area contributed by atoms with Crippen LogP contribution in [-0.2, 0) is 0 Å². The van der Waals surface area contributed by atoms with Crippen LogP contribution in [0.3, 0.4) is 0 Å². The van der Waals surface area contributed by atoms with E-state index in [1.165, 1.54) is 51.4 Å². The van der Waals surface area contributed by atoms with Crippen LogP contribution < -0.4 is 21.3 Å². The molecule has 132 valence electrons. The third-order valence-electron chi connectivity index (χ3n) is 6.83. The van der Waals surface area contributed by atoms with Gasteiger partial charge >= 0.3 is 0 Å². The van der Waals surface area contributed by atoms with Crippen molar-refractivity contribution in [3.63, 3.8) is 0 Å². The Balaban J connectivity index is 1.29. The Hall–Kier alpha value is -0.680. The zero-order valence-electron chi connectivity index (χ0n) is 14.6. The number of fused-ring (bicyclic) bond motifs is 8. The van der Waals surface area contributed by atoms with Gasteiger partial charge in [0, 0.05) is 48.3 Å². The molecule has 3 fully saturated rings. The molecule has 5 rings (SSSR count). The maximum atomic E-state index is 3.93. The first-order chi connectivity index (χ1) is 11.8. The minimum absolute atomic E-state index is 0.537. The molecule has 5 aliphatic heterocycles. The fourth-order valence-corrected chi connectivity index (χ4v) is 5.67. The van der Waals surface area contributed by atoms with Crippen LogP contribution in [-0.4, -0.2) is 48.3 Å². The highest BCUT2D eigenvalue weighted by Gasteiger charge is 2.34. The first-order valence-corrected chi connectivity index (χ1v) is 10.2. The molecule has 0 amide bonds. The minimum atomic E-state index is 0.537. The molecule has 4 heteroatoms. The van der Waals surface area contributed by atoms with E-state index in [1.54, 1.807) is 0 Å². The molecule has 0 aliphatic carbocycles. The number of hydrogen-bond acceptors (Lipinski definition) is 4. The molecular weight excluding hydrogens is 296 g/mol. The summed E-state index contributed by atoms with van der Waals surface area (Å²) in [7, 11) is 0. The second-order valence-corrected chi connectivity index (χ2v) is 8.75. The monoisotopic (exact) mass is 328 g/mol. The van der Waals surface area contributed by atoms with E-state index in [2.05, 4.69) is 45.6 Å². The molecule has 4 nitrogen and oxygen atoms in total. The Bertz CT molecular complexity index is 472. The quantitative estimate of drug-likeness (QED) is 0.510. The third-order valence-corrected chi connectivity index (χ3v) is 6.83. The van der Waals surface area contributed by atoms with Gasteiger partial charge in [-0.1, -0.05) is 24.3 Å². The van der Waals surface area contributed by atoms with E-state index in [0.29, 0.717) is 36.3 Å². The second kappa shape index (κ2) is 6.56. The van der Waals surface area contributed by atoms with E-state index in [1.807, 2.05) is 0 Å². The first kappa shape index (κ1) is 15.6. The van der Waals surface area contributed by atoms with Crippen LogP contribution in [0.15, 0.2) is 24.3 Å². The van der Waals surface area contributed by atoms with Crippen LogP contribution in [0.1, 0.15) is 51.4 Å². The van der Waals surface area contributed by atoms with Crippen molar-refractivity contribution in [3.05, 3.63) is 24.3 Å². The predicted octanol–water partition coefficient (Wildman–Crippen LogP) is 1.59. The molecule has 8 bridgehead atoms. The van der Waals surface area contributed by atoms with Gasteiger partial charge in [-0.15, -0.1) is 0 Å². The topological polar surface area (TPSA) is 48.1 Å². The van der Waals surface area contributed by atoms with Gasteiger partial charge < -0.3 is 21.3 Å². The lowest BCUT2D eigenvalue weighted by atomic mass is 10.0. The molecule has 0 aromatic carbocycles. The number of nitrogens with one attached hydrogen (secondary N) is 4. The van der Waals surface area contributed by atoms with Crippen LogP contribution in [0.4, 0.5) is 0 Å². The molecule has 0 saturated carbocycles. The lowest BCUT2D eigenvalue weighted by molar-refractivity contribution is 0.382. The Morgan fingerprint density at radius 1 is 0.417 bits per heavy atom. The normalized spacial score (nSPS) is 50.7. The van der Waals surface area contributed by atoms with Crippen LogP contribution in [0.2, 0.25) is 0 Å². The van der Waals surface area contributed by atoms with Crippen molar-refractivity contribution >= 4 is 0 Å². The summed E-state index contributed by atoms with van der Waals surface area (Å²) in [4.78, 5) is 0. The van der Waals surface area contributed by atoms with Crippen molar-refractivity contribution in [1.82, 2.24) is 21.3 Å². The Morgan fingerprint density at radius 2 is 0.792 bits per heavy atom. The predicted molar refractivity (Wildman–Crippen MR) is 98.1 cm³/mol. The fraction of sp³-hybridized carbons (Fsp3) is 0.800. The molecule has 0 aromatic rings. The smallest absolute Gasteiger partial charge is 0.0274 e. The summed E-state index contributed by atoms with van der Waals surface area (Å²) in [5.74, 6) is 0. The standard InChI is InChI=1S/C20H32N4/c1-2-14-10-16-5-6-18(23-16)12-20-8-7-19(24-20)11-17-4-3-15(22-17)9-13(1)21-14/h1-4,13-24H,5-12H2. The molecule has 5 aliphatic rings. The van der Waals surface area contributed by atoms with Gasteiger partial charge in [-0.2, -0.15) is 0 Å². The summed E-state index contributed by atoms with van der Waals surface area (Å²) in [6.45, 7) is 0. The van der Waals surface area contributed by atoms with E-state index >= 15 is 0 Å². The van der Waals surface area contributed by atoms with Gasteiger partial charge in [0.25, 0.3) is 0 Å². The van der Waals surface area contributed by atoms with Crippen molar-refractivity contribution in [3.8, 4) is 0 Å². The van der Waals surface area contributed by atoms with Crippen molar-refractivity contribution in [2.24, 2.45) is 0 Å². The lowest BCUT2D eigenvalue weighted by Gasteiger charge is -2.24. The van der Waals surface area contributed by atoms with Crippen LogP contribution in [0.5, 0.6) is 0 Å². The van der Waals surface area contributed by atoms with E-state index < -0.39 is 0 Å². The molecule has 3 saturated heterocycles. The Kier molecular flexibility index (Phi) is 4.26. The van der Waals surface area contributed by atoms with Gasteiger partial charge in [-0.05, 0) is 51.4 Å². The summed E-state index contributed by atoms with van der Waals surface area (Å²) in [6, 6.07) is 5.07. The molecule has 8 atom stereocenters. The zero-order valence-corrected chi connectivity index (χ0v) is 14.6. The summed E-state index contributed by atoms with van der Waals surface area (Å²) < 4.78 is 0. The minimum Gasteiger partial charge on any atom is -0.311 e. The molecule has 5 heterocycles. The molecule has 0 radical (unpaired) electrons. The maximum Gasteiger partial charge on any atom is 0.0274 e. The van der Waals surface area contributed by atoms with E-state index in [-0.39, 0.29) is 0 Å². The van der Waals surface area contributed by atoms with Gasteiger partial charge in [0.2, 0.25) is 0 Å². The van der Waals surface area contributed by atoms with E-state index in [4.69, 9.17) is 0 Å². The maximum absolute atomic E-state index is 3.93. The van der Waals surface area contributed by atoms with Crippen molar-refractivity contribution in [1.29, 1.82) is 0 Å². The van der Waals surface area contributed by atoms with Gasteiger partial charge in [0.1, 0.15) is 0 Å². The molecular formula is C20H32N4. The summed E-state index contributed by atoms with van der Waals surface area (Å²) in [6.07, 6.45) is 20.1. The van der Waals surface area contributed by atoms with Crippen LogP contribution in [0, 0.1) is 0 Å². The highest BCUT2D eigenvalue weighted by molar-refractivity contribution is 5.16. The SMILES string of the molecule is C1=CC2CC3CCC(CC4CCC(CC5C=CC(CC1N2)N5)N4)N3. The van der Waals surface area contributed by atoms with Gasteiger partial charge in [-0.3, -0.25) is 0 Å². The van der Waals surface area contributed by atoms with Crippen LogP contribution in [0.25, 0.3) is 0 Å². The summed E-state index contributed by atoms with van der Waals surface area (Å²) in [5, 5.41) is 15.5. The average molecular weight is 329 g/mol. The van der Waals surface area contributed by atoms with E-state index in [0.717, 1.165) is 12.1 Å².